The summed E-state index contributed by atoms with van der Waals surface area (Å²) in [5.41, 5.74) is 5.55. The number of anilines is 2. The predicted molar refractivity (Wildman–Crippen MR) is 71.7 cm³/mol. The third-order valence-electron chi connectivity index (χ3n) is 2.80. The van der Waals surface area contributed by atoms with Crippen molar-refractivity contribution >= 4 is 17.3 Å². The van der Waals surface area contributed by atoms with Crippen LogP contribution >= 0.6 is 0 Å². The summed E-state index contributed by atoms with van der Waals surface area (Å²) in [5, 5.41) is 2.48. The largest absolute Gasteiger partial charge is 0.433 e. The van der Waals surface area contributed by atoms with E-state index in [2.05, 4.69) is 10.3 Å². The van der Waals surface area contributed by atoms with Crippen molar-refractivity contribution < 1.29 is 18.0 Å². The number of aromatic nitrogens is 2. The molecule has 2 aromatic rings. The van der Waals surface area contributed by atoms with E-state index in [0.717, 1.165) is 18.3 Å². The molecule has 0 radical (unpaired) electrons. The van der Waals surface area contributed by atoms with Crippen molar-refractivity contribution in [2.45, 2.75) is 19.6 Å². The monoisotopic (exact) mass is 298 g/mol. The van der Waals surface area contributed by atoms with Crippen molar-refractivity contribution in [3.05, 3.63) is 42.0 Å². The van der Waals surface area contributed by atoms with Gasteiger partial charge in [-0.1, -0.05) is 0 Å². The minimum atomic E-state index is -4.51. The molecule has 2 rings (SSSR count). The molecule has 112 valence electrons. The van der Waals surface area contributed by atoms with Crippen LogP contribution in [0.3, 0.4) is 0 Å². The SMILES string of the molecule is CCn1cc(N)cc1C(=O)Nc1ccc(C(F)(F)F)nc1. The molecule has 0 atom stereocenters. The zero-order chi connectivity index (χ0) is 15.6. The molecule has 0 aliphatic heterocycles. The fourth-order valence-corrected chi connectivity index (χ4v) is 1.82. The molecule has 21 heavy (non-hydrogen) atoms. The molecule has 0 bridgehead atoms. The summed E-state index contributed by atoms with van der Waals surface area (Å²) in [4.78, 5) is 15.3. The average Bonchev–Trinajstić information content (AvgIpc) is 2.79. The third kappa shape index (κ3) is 3.33. The number of nitrogens with two attached hydrogens (primary N) is 1. The Hall–Kier alpha value is -2.51. The van der Waals surface area contributed by atoms with E-state index < -0.39 is 17.8 Å². The topological polar surface area (TPSA) is 72.9 Å². The number of aryl methyl sites for hydroxylation is 1. The summed E-state index contributed by atoms with van der Waals surface area (Å²) >= 11 is 0. The predicted octanol–water partition coefficient (Wildman–Crippen LogP) is 2.76. The molecular formula is C13H13F3N4O. The Morgan fingerprint density at radius 1 is 1.43 bits per heavy atom. The number of hydrogen-bond donors (Lipinski definition) is 2. The number of halogens is 3. The van der Waals surface area contributed by atoms with Crippen LogP contribution in [0.2, 0.25) is 0 Å². The van der Waals surface area contributed by atoms with Crippen molar-refractivity contribution in [2.75, 3.05) is 11.1 Å². The number of alkyl halides is 3. The molecule has 0 spiro atoms. The van der Waals surface area contributed by atoms with E-state index >= 15 is 0 Å². The van der Waals surface area contributed by atoms with Gasteiger partial charge in [0.1, 0.15) is 11.4 Å². The molecule has 2 heterocycles. The number of pyridine rings is 1. The second-order valence-electron chi connectivity index (χ2n) is 4.33. The smallest absolute Gasteiger partial charge is 0.397 e. The van der Waals surface area contributed by atoms with Gasteiger partial charge in [0, 0.05) is 12.7 Å². The van der Waals surface area contributed by atoms with Crippen molar-refractivity contribution in [1.29, 1.82) is 0 Å². The first-order chi connectivity index (χ1) is 9.81. The van der Waals surface area contributed by atoms with Crippen LogP contribution in [0.25, 0.3) is 0 Å². The van der Waals surface area contributed by atoms with Gasteiger partial charge in [-0.25, -0.2) is 4.98 Å². The molecule has 1 amide bonds. The number of nitrogens with one attached hydrogen (secondary N) is 1. The Labute approximate surface area is 118 Å². The van der Waals surface area contributed by atoms with Gasteiger partial charge in [0.2, 0.25) is 0 Å². The molecule has 0 aliphatic carbocycles. The normalized spacial score (nSPS) is 11.4. The molecular weight excluding hydrogens is 285 g/mol. The lowest BCUT2D eigenvalue weighted by molar-refractivity contribution is -0.141. The second-order valence-corrected chi connectivity index (χ2v) is 4.33. The molecule has 5 nitrogen and oxygen atoms in total. The summed E-state index contributed by atoms with van der Waals surface area (Å²) in [7, 11) is 0. The number of nitrogens with zero attached hydrogens (tertiary/aromatic N) is 2. The number of amides is 1. The highest BCUT2D eigenvalue weighted by atomic mass is 19.4. The highest BCUT2D eigenvalue weighted by Crippen LogP contribution is 2.27. The first kappa shape index (κ1) is 14.9. The lowest BCUT2D eigenvalue weighted by Gasteiger charge is -2.09. The molecule has 0 saturated carbocycles. The summed E-state index contributed by atoms with van der Waals surface area (Å²) in [6.07, 6.45) is -1.93. The van der Waals surface area contributed by atoms with Gasteiger partial charge in [-0.15, -0.1) is 0 Å². The van der Waals surface area contributed by atoms with Gasteiger partial charge in [-0.2, -0.15) is 13.2 Å². The van der Waals surface area contributed by atoms with E-state index in [0.29, 0.717) is 17.9 Å². The maximum atomic E-state index is 12.4. The number of carbonyl (C=O) groups is 1. The molecule has 3 N–H and O–H groups in total. The van der Waals surface area contributed by atoms with E-state index in [-0.39, 0.29) is 5.69 Å². The number of rotatable bonds is 3. The van der Waals surface area contributed by atoms with Gasteiger partial charge < -0.3 is 15.6 Å². The fraction of sp³-hybridized carbons (Fsp3) is 0.231. The molecule has 0 aliphatic rings. The first-order valence-corrected chi connectivity index (χ1v) is 6.11. The number of nitrogen functional groups attached to an aromatic ring is 1. The quantitative estimate of drug-likeness (QED) is 0.915. The van der Waals surface area contributed by atoms with Crippen LogP contribution in [0.4, 0.5) is 24.5 Å². The maximum absolute atomic E-state index is 12.4. The fourth-order valence-electron chi connectivity index (χ4n) is 1.82. The molecule has 0 fully saturated rings. The average molecular weight is 298 g/mol. The molecule has 2 aromatic heterocycles. The first-order valence-electron chi connectivity index (χ1n) is 6.11. The number of hydrogen-bond acceptors (Lipinski definition) is 3. The van der Waals surface area contributed by atoms with Crippen molar-refractivity contribution in [1.82, 2.24) is 9.55 Å². The second kappa shape index (κ2) is 5.47. The minimum absolute atomic E-state index is 0.176. The van der Waals surface area contributed by atoms with Crippen LogP contribution in [-0.4, -0.2) is 15.5 Å². The Balaban J connectivity index is 2.16. The molecule has 0 unspecified atom stereocenters. The Morgan fingerprint density at radius 2 is 2.14 bits per heavy atom. The molecule has 0 saturated heterocycles. The van der Waals surface area contributed by atoms with Crippen molar-refractivity contribution in [3.63, 3.8) is 0 Å². The summed E-state index contributed by atoms with van der Waals surface area (Å²) in [5.74, 6) is -0.463. The highest BCUT2D eigenvalue weighted by Gasteiger charge is 2.32. The van der Waals surface area contributed by atoms with Crippen LogP contribution in [0, 0.1) is 0 Å². The summed E-state index contributed by atoms with van der Waals surface area (Å²) in [6, 6.07) is 3.45. The van der Waals surface area contributed by atoms with Gasteiger partial charge in [-0.3, -0.25) is 4.79 Å². The van der Waals surface area contributed by atoms with Crippen LogP contribution < -0.4 is 11.1 Å². The van der Waals surface area contributed by atoms with Gasteiger partial charge in [0.15, 0.2) is 0 Å². The van der Waals surface area contributed by atoms with E-state index in [4.69, 9.17) is 5.73 Å². The van der Waals surface area contributed by atoms with Crippen LogP contribution in [0.1, 0.15) is 23.1 Å². The summed E-state index contributed by atoms with van der Waals surface area (Å²) < 4.78 is 38.8. The zero-order valence-corrected chi connectivity index (χ0v) is 11.1. The van der Waals surface area contributed by atoms with Gasteiger partial charge in [-0.05, 0) is 25.1 Å². The van der Waals surface area contributed by atoms with Crippen molar-refractivity contribution in [2.24, 2.45) is 0 Å². The van der Waals surface area contributed by atoms with E-state index in [9.17, 15) is 18.0 Å². The van der Waals surface area contributed by atoms with Gasteiger partial charge in [0.25, 0.3) is 5.91 Å². The molecule has 0 aromatic carbocycles. The van der Waals surface area contributed by atoms with E-state index in [1.807, 2.05) is 6.92 Å². The maximum Gasteiger partial charge on any atom is 0.433 e. The standard InChI is InChI=1S/C13H13F3N4O/c1-2-20-7-8(17)5-10(20)12(21)19-9-3-4-11(18-6-9)13(14,15)16/h3-7H,2,17H2,1H3,(H,19,21). The Morgan fingerprint density at radius 3 is 2.67 bits per heavy atom. The lowest BCUT2D eigenvalue weighted by atomic mass is 10.3. The highest BCUT2D eigenvalue weighted by molar-refractivity contribution is 6.03. The number of carbonyl (C=O) groups excluding carboxylic acids is 1. The Kier molecular flexibility index (Phi) is 3.88. The third-order valence-corrected chi connectivity index (χ3v) is 2.80. The van der Waals surface area contributed by atoms with Crippen LogP contribution in [0.5, 0.6) is 0 Å². The molecule has 8 heteroatoms. The van der Waals surface area contributed by atoms with Crippen LogP contribution in [0.15, 0.2) is 30.6 Å². The minimum Gasteiger partial charge on any atom is -0.397 e. The summed E-state index contributed by atoms with van der Waals surface area (Å²) in [6.45, 7) is 2.39. The van der Waals surface area contributed by atoms with E-state index in [1.54, 1.807) is 10.8 Å². The van der Waals surface area contributed by atoms with Gasteiger partial charge >= 0.3 is 6.18 Å². The van der Waals surface area contributed by atoms with Gasteiger partial charge in [0.05, 0.1) is 17.6 Å². The Bertz CT molecular complexity index is 646. The lowest BCUT2D eigenvalue weighted by Crippen LogP contribution is -2.17. The van der Waals surface area contributed by atoms with E-state index in [1.165, 1.54) is 6.07 Å². The van der Waals surface area contributed by atoms with Crippen LogP contribution in [-0.2, 0) is 12.7 Å². The van der Waals surface area contributed by atoms with Crippen molar-refractivity contribution in [3.8, 4) is 0 Å². The zero-order valence-electron chi connectivity index (χ0n) is 11.1.